The summed E-state index contributed by atoms with van der Waals surface area (Å²) >= 11 is 0. The van der Waals surface area contributed by atoms with Crippen LogP contribution < -0.4 is 22.1 Å². The normalized spacial score (nSPS) is 11.5. The molecule has 0 saturated heterocycles. The van der Waals surface area contributed by atoms with E-state index in [1.165, 1.54) is 0 Å². The Kier molecular flexibility index (Phi) is 8.02. The maximum absolute atomic E-state index is 13.2. The SMILES string of the molecule is CNC(=O)[C@H](CCCN=C(N)N)NC(=O)C(c1ccccc1)c1ccccc1. The largest absolute Gasteiger partial charge is 0.370 e. The van der Waals surface area contributed by atoms with Gasteiger partial charge in [-0.05, 0) is 24.0 Å². The Morgan fingerprint density at radius 2 is 1.46 bits per heavy atom. The zero-order valence-corrected chi connectivity index (χ0v) is 16.0. The van der Waals surface area contributed by atoms with Crippen molar-refractivity contribution in [1.29, 1.82) is 0 Å². The van der Waals surface area contributed by atoms with Crippen LogP contribution >= 0.6 is 0 Å². The third-order valence-electron chi connectivity index (χ3n) is 4.35. The van der Waals surface area contributed by atoms with Gasteiger partial charge in [-0.1, -0.05) is 60.7 Å². The van der Waals surface area contributed by atoms with Crippen molar-refractivity contribution in [3.63, 3.8) is 0 Å². The van der Waals surface area contributed by atoms with Crippen LogP contribution in [0.2, 0.25) is 0 Å². The third-order valence-corrected chi connectivity index (χ3v) is 4.35. The summed E-state index contributed by atoms with van der Waals surface area (Å²) in [6.07, 6.45) is 0.996. The average molecular weight is 381 g/mol. The highest BCUT2D eigenvalue weighted by Crippen LogP contribution is 2.25. The van der Waals surface area contributed by atoms with E-state index in [4.69, 9.17) is 11.5 Å². The summed E-state index contributed by atoms with van der Waals surface area (Å²) in [4.78, 5) is 29.3. The van der Waals surface area contributed by atoms with Gasteiger partial charge in [-0.25, -0.2) is 0 Å². The van der Waals surface area contributed by atoms with Crippen LogP contribution in [0.15, 0.2) is 65.7 Å². The van der Waals surface area contributed by atoms with Gasteiger partial charge in [-0.2, -0.15) is 0 Å². The van der Waals surface area contributed by atoms with Crippen LogP contribution in [0.25, 0.3) is 0 Å². The molecule has 0 bridgehead atoms. The zero-order valence-electron chi connectivity index (χ0n) is 16.0. The number of nitrogens with one attached hydrogen (secondary N) is 2. The number of nitrogens with two attached hydrogens (primary N) is 2. The summed E-state index contributed by atoms with van der Waals surface area (Å²) in [5.41, 5.74) is 12.4. The number of amides is 2. The predicted octanol–water partition coefficient (Wildman–Crippen LogP) is 1.10. The van der Waals surface area contributed by atoms with Gasteiger partial charge in [0.05, 0.1) is 5.92 Å². The molecule has 2 aromatic carbocycles. The molecule has 2 rings (SSSR count). The van der Waals surface area contributed by atoms with Crippen LogP contribution in [0.5, 0.6) is 0 Å². The quantitative estimate of drug-likeness (QED) is 0.295. The summed E-state index contributed by atoms with van der Waals surface area (Å²) in [5.74, 6) is -0.980. The molecule has 0 spiro atoms. The Morgan fingerprint density at radius 1 is 0.929 bits per heavy atom. The van der Waals surface area contributed by atoms with Crippen molar-refractivity contribution >= 4 is 17.8 Å². The van der Waals surface area contributed by atoms with E-state index in [1.54, 1.807) is 7.05 Å². The highest BCUT2D eigenvalue weighted by atomic mass is 16.2. The van der Waals surface area contributed by atoms with Crippen LogP contribution in [0, 0.1) is 0 Å². The standard InChI is InChI=1S/C21H27N5O2/c1-24-19(27)17(13-8-14-25-21(22)23)26-20(28)18(15-9-4-2-5-10-15)16-11-6-3-7-12-16/h2-7,9-12,17-18H,8,13-14H2,1H3,(H,24,27)(H,26,28)(H4,22,23,25)/t17-/m0/s1. The third kappa shape index (κ3) is 6.12. The lowest BCUT2D eigenvalue weighted by Crippen LogP contribution is -2.47. The van der Waals surface area contributed by atoms with Crippen LogP contribution in [0.1, 0.15) is 29.9 Å². The number of aliphatic imine (C=N–C) groups is 1. The van der Waals surface area contributed by atoms with Crippen molar-refractivity contribution < 1.29 is 9.59 Å². The van der Waals surface area contributed by atoms with E-state index in [-0.39, 0.29) is 17.8 Å². The number of hydrogen-bond acceptors (Lipinski definition) is 3. The molecule has 0 aromatic heterocycles. The van der Waals surface area contributed by atoms with Crippen LogP contribution in [0.4, 0.5) is 0 Å². The Bertz CT molecular complexity index is 749. The molecule has 7 nitrogen and oxygen atoms in total. The lowest BCUT2D eigenvalue weighted by Gasteiger charge is -2.22. The first kappa shape index (κ1) is 21.0. The van der Waals surface area contributed by atoms with Gasteiger partial charge in [0.25, 0.3) is 0 Å². The second kappa shape index (κ2) is 10.7. The molecule has 28 heavy (non-hydrogen) atoms. The van der Waals surface area contributed by atoms with E-state index in [9.17, 15) is 9.59 Å². The van der Waals surface area contributed by atoms with E-state index < -0.39 is 12.0 Å². The van der Waals surface area contributed by atoms with Crippen LogP contribution in [-0.4, -0.2) is 37.4 Å². The van der Waals surface area contributed by atoms with Crippen molar-refractivity contribution in [3.05, 3.63) is 71.8 Å². The maximum atomic E-state index is 13.2. The minimum atomic E-state index is -0.665. The molecular weight excluding hydrogens is 354 g/mol. The number of hydrogen-bond donors (Lipinski definition) is 4. The fourth-order valence-electron chi connectivity index (χ4n) is 2.99. The monoisotopic (exact) mass is 381 g/mol. The number of carbonyl (C=O) groups excluding carboxylic acids is 2. The first-order chi connectivity index (χ1) is 13.5. The minimum Gasteiger partial charge on any atom is -0.370 e. The smallest absolute Gasteiger partial charge is 0.242 e. The number of carbonyl (C=O) groups is 2. The van der Waals surface area contributed by atoms with Gasteiger partial charge < -0.3 is 22.1 Å². The molecule has 2 aromatic rings. The van der Waals surface area contributed by atoms with E-state index in [0.717, 1.165) is 11.1 Å². The van der Waals surface area contributed by atoms with E-state index in [1.807, 2.05) is 60.7 Å². The number of likely N-dealkylation sites (N-methyl/N-ethyl adjacent to an activating group) is 1. The van der Waals surface area contributed by atoms with Crippen molar-refractivity contribution in [1.82, 2.24) is 10.6 Å². The van der Waals surface area contributed by atoms with Crippen molar-refractivity contribution in [2.24, 2.45) is 16.5 Å². The van der Waals surface area contributed by atoms with Crippen molar-refractivity contribution in [3.8, 4) is 0 Å². The van der Waals surface area contributed by atoms with Gasteiger partial charge in [0.1, 0.15) is 6.04 Å². The lowest BCUT2D eigenvalue weighted by atomic mass is 9.90. The molecule has 7 heteroatoms. The molecule has 0 unspecified atom stereocenters. The topological polar surface area (TPSA) is 123 Å². The highest BCUT2D eigenvalue weighted by Gasteiger charge is 2.27. The van der Waals surface area contributed by atoms with Crippen LogP contribution in [0.3, 0.4) is 0 Å². The number of nitrogens with zero attached hydrogens (tertiary/aromatic N) is 1. The van der Waals surface area contributed by atoms with Crippen molar-refractivity contribution in [2.45, 2.75) is 24.8 Å². The van der Waals surface area contributed by atoms with Crippen molar-refractivity contribution in [2.75, 3.05) is 13.6 Å². The maximum Gasteiger partial charge on any atom is 0.242 e. The Labute approximate surface area is 165 Å². The van der Waals surface area contributed by atoms with Gasteiger partial charge in [0, 0.05) is 13.6 Å². The molecule has 0 aliphatic rings. The molecule has 0 aliphatic heterocycles. The summed E-state index contributed by atoms with van der Waals surface area (Å²) in [6.45, 7) is 0.395. The average Bonchev–Trinajstić information content (AvgIpc) is 2.71. The molecule has 0 aliphatic carbocycles. The Morgan fingerprint density at radius 3 is 1.93 bits per heavy atom. The fraction of sp³-hybridized carbons (Fsp3) is 0.286. The molecule has 0 heterocycles. The van der Waals surface area contributed by atoms with Gasteiger partial charge in [-0.15, -0.1) is 0 Å². The number of rotatable bonds is 9. The van der Waals surface area contributed by atoms with E-state index in [2.05, 4.69) is 15.6 Å². The summed E-state index contributed by atoms with van der Waals surface area (Å²) in [7, 11) is 1.55. The summed E-state index contributed by atoms with van der Waals surface area (Å²) < 4.78 is 0. The molecular formula is C21H27N5O2. The second-order valence-electron chi connectivity index (χ2n) is 6.38. The Balaban J connectivity index is 2.19. The van der Waals surface area contributed by atoms with E-state index >= 15 is 0 Å². The van der Waals surface area contributed by atoms with Gasteiger partial charge in [-0.3, -0.25) is 14.6 Å². The van der Waals surface area contributed by atoms with Gasteiger partial charge >= 0.3 is 0 Å². The molecule has 6 N–H and O–H groups in total. The molecule has 0 radical (unpaired) electrons. The minimum absolute atomic E-state index is 0.00810. The van der Waals surface area contributed by atoms with Crippen LogP contribution in [-0.2, 0) is 9.59 Å². The molecule has 0 saturated carbocycles. The van der Waals surface area contributed by atoms with E-state index in [0.29, 0.717) is 19.4 Å². The lowest BCUT2D eigenvalue weighted by molar-refractivity contribution is -0.129. The first-order valence-corrected chi connectivity index (χ1v) is 9.20. The summed E-state index contributed by atoms with van der Waals surface area (Å²) in [5, 5.41) is 5.49. The second-order valence-corrected chi connectivity index (χ2v) is 6.38. The number of guanidine groups is 1. The number of benzene rings is 2. The molecule has 148 valence electrons. The zero-order chi connectivity index (χ0) is 20.4. The highest BCUT2D eigenvalue weighted by molar-refractivity contribution is 5.92. The molecule has 2 amide bonds. The Hall–Kier alpha value is -3.35. The summed E-state index contributed by atoms with van der Waals surface area (Å²) in [6, 6.07) is 18.3. The molecule has 1 atom stereocenters. The van der Waals surface area contributed by atoms with Gasteiger partial charge in [0.2, 0.25) is 11.8 Å². The fourth-order valence-corrected chi connectivity index (χ4v) is 2.99. The van der Waals surface area contributed by atoms with Gasteiger partial charge in [0.15, 0.2) is 5.96 Å². The molecule has 0 fully saturated rings. The first-order valence-electron chi connectivity index (χ1n) is 9.20. The predicted molar refractivity (Wildman–Crippen MR) is 111 cm³/mol.